The van der Waals surface area contributed by atoms with Crippen LogP contribution in [0.1, 0.15) is 12.8 Å². The third kappa shape index (κ3) is 4.02. The van der Waals surface area contributed by atoms with Crippen LogP contribution in [0.2, 0.25) is 0 Å². The Labute approximate surface area is 185 Å². The molecule has 0 saturated carbocycles. The van der Waals surface area contributed by atoms with Gasteiger partial charge in [0, 0.05) is 23.4 Å². The van der Waals surface area contributed by atoms with Crippen LogP contribution in [0.4, 0.5) is 10.5 Å². The Balaban J connectivity index is 1.47. The summed E-state index contributed by atoms with van der Waals surface area (Å²) in [6.45, 7) is 0.849. The van der Waals surface area contributed by atoms with Gasteiger partial charge in [-0.3, -0.25) is 15.6 Å². The van der Waals surface area contributed by atoms with E-state index in [1.165, 1.54) is 0 Å². The maximum Gasteiger partial charge on any atom is 0.413 e. The quantitative estimate of drug-likeness (QED) is 0.440. The van der Waals surface area contributed by atoms with Gasteiger partial charge in [0.25, 0.3) is 0 Å². The highest BCUT2D eigenvalue weighted by Gasteiger charge is 2.20. The van der Waals surface area contributed by atoms with Crippen molar-refractivity contribution in [3.63, 3.8) is 0 Å². The maximum absolute atomic E-state index is 12.4. The van der Waals surface area contributed by atoms with Gasteiger partial charge < -0.3 is 13.9 Å². The van der Waals surface area contributed by atoms with E-state index in [0.717, 1.165) is 41.6 Å². The third-order valence-electron chi connectivity index (χ3n) is 5.48. The van der Waals surface area contributed by atoms with Crippen molar-refractivity contribution in [2.24, 2.45) is 0 Å². The van der Waals surface area contributed by atoms with Crippen molar-refractivity contribution in [1.29, 1.82) is 0 Å². The number of amides is 1. The molecule has 32 heavy (non-hydrogen) atoms. The zero-order chi connectivity index (χ0) is 21.9. The molecule has 1 fully saturated rings. The third-order valence-corrected chi connectivity index (χ3v) is 5.48. The first-order valence-electron chi connectivity index (χ1n) is 10.5. The molecular weight excluding hydrogens is 406 g/mol. The number of pyridine rings is 1. The molecule has 1 aliphatic rings. The van der Waals surface area contributed by atoms with E-state index in [4.69, 9.17) is 13.9 Å². The van der Waals surface area contributed by atoms with E-state index in [2.05, 4.69) is 15.6 Å². The Morgan fingerprint density at radius 1 is 1.12 bits per heavy atom. The van der Waals surface area contributed by atoms with Gasteiger partial charge in [-0.1, -0.05) is 30.3 Å². The molecule has 7 heteroatoms. The van der Waals surface area contributed by atoms with Crippen molar-refractivity contribution in [2.75, 3.05) is 19.0 Å². The van der Waals surface area contributed by atoms with Crippen LogP contribution in [0, 0.1) is 0 Å². The summed E-state index contributed by atoms with van der Waals surface area (Å²) < 4.78 is 17.1. The lowest BCUT2D eigenvalue weighted by Crippen LogP contribution is -2.29. The standard InChI is InChI=1S/C25H23N3O4/c1-30-21-10-9-17(14-19(21)28-25(29)32-23-8-5-12-27-23)22-15-20-24(31-22)18(11-13-26-20)16-6-3-2-4-7-16/h2-4,6-7,9-11,13-15,23,27H,5,8,12H2,1H3,(H,28,29)/t23-/m0/s1. The fourth-order valence-corrected chi connectivity index (χ4v) is 3.91. The Morgan fingerprint density at radius 2 is 2.00 bits per heavy atom. The highest BCUT2D eigenvalue weighted by atomic mass is 16.6. The van der Waals surface area contributed by atoms with Gasteiger partial charge in [0.05, 0.1) is 12.8 Å². The Hall–Kier alpha value is -3.84. The van der Waals surface area contributed by atoms with E-state index in [-0.39, 0.29) is 6.23 Å². The summed E-state index contributed by atoms with van der Waals surface area (Å²) in [5, 5.41) is 5.92. The van der Waals surface area contributed by atoms with Crippen LogP contribution in [-0.2, 0) is 4.74 Å². The molecule has 1 atom stereocenters. The summed E-state index contributed by atoms with van der Waals surface area (Å²) in [7, 11) is 1.56. The second-order valence-electron chi connectivity index (χ2n) is 7.58. The van der Waals surface area contributed by atoms with E-state index in [9.17, 15) is 4.79 Å². The first-order chi connectivity index (χ1) is 15.7. The molecule has 0 bridgehead atoms. The molecule has 3 heterocycles. The monoisotopic (exact) mass is 429 g/mol. The van der Waals surface area contributed by atoms with Crippen molar-refractivity contribution in [1.82, 2.24) is 10.3 Å². The summed E-state index contributed by atoms with van der Waals surface area (Å²) in [6, 6.07) is 19.4. The number of fused-ring (bicyclic) bond motifs is 1. The van der Waals surface area contributed by atoms with Gasteiger partial charge in [-0.2, -0.15) is 0 Å². The fraction of sp³-hybridized carbons (Fsp3) is 0.200. The van der Waals surface area contributed by atoms with Gasteiger partial charge in [-0.25, -0.2) is 4.79 Å². The van der Waals surface area contributed by atoms with E-state index in [1.807, 2.05) is 54.6 Å². The van der Waals surface area contributed by atoms with Gasteiger partial charge >= 0.3 is 6.09 Å². The molecule has 162 valence electrons. The van der Waals surface area contributed by atoms with Crippen molar-refractivity contribution in [2.45, 2.75) is 19.1 Å². The molecular formula is C25H23N3O4. The Kier molecular flexibility index (Phi) is 5.47. The lowest BCUT2D eigenvalue weighted by molar-refractivity contribution is 0.102. The van der Waals surface area contributed by atoms with Crippen LogP contribution >= 0.6 is 0 Å². The molecule has 2 aromatic carbocycles. The maximum atomic E-state index is 12.4. The van der Waals surface area contributed by atoms with Gasteiger partial charge in [0.2, 0.25) is 0 Å². The molecule has 1 saturated heterocycles. The van der Waals surface area contributed by atoms with Crippen molar-refractivity contribution in [3.05, 3.63) is 66.9 Å². The number of aromatic nitrogens is 1. The molecule has 0 unspecified atom stereocenters. The second-order valence-corrected chi connectivity index (χ2v) is 7.58. The summed E-state index contributed by atoms with van der Waals surface area (Å²) >= 11 is 0. The molecule has 7 nitrogen and oxygen atoms in total. The van der Waals surface area contributed by atoms with Crippen LogP contribution in [0.3, 0.4) is 0 Å². The molecule has 2 N–H and O–H groups in total. The van der Waals surface area contributed by atoms with E-state index in [1.54, 1.807) is 19.4 Å². The molecule has 1 amide bonds. The van der Waals surface area contributed by atoms with Crippen LogP contribution in [0.15, 0.2) is 71.3 Å². The summed E-state index contributed by atoms with van der Waals surface area (Å²) in [5.41, 5.74) is 4.80. The van der Waals surface area contributed by atoms with Crippen molar-refractivity contribution in [3.8, 4) is 28.2 Å². The zero-order valence-electron chi connectivity index (χ0n) is 17.6. The minimum Gasteiger partial charge on any atom is -0.495 e. The average Bonchev–Trinajstić information content (AvgIpc) is 3.49. The van der Waals surface area contributed by atoms with Crippen molar-refractivity contribution < 1.29 is 18.7 Å². The highest BCUT2D eigenvalue weighted by Crippen LogP contribution is 2.36. The molecule has 5 rings (SSSR count). The first-order valence-corrected chi connectivity index (χ1v) is 10.5. The number of nitrogens with one attached hydrogen (secondary N) is 2. The first kappa shape index (κ1) is 20.1. The number of nitrogens with zero attached hydrogens (tertiary/aromatic N) is 1. The minimum atomic E-state index is -0.530. The second kappa shape index (κ2) is 8.72. The number of hydrogen-bond acceptors (Lipinski definition) is 6. The van der Waals surface area contributed by atoms with E-state index < -0.39 is 6.09 Å². The molecule has 0 spiro atoms. The Morgan fingerprint density at radius 3 is 2.78 bits per heavy atom. The van der Waals surface area contributed by atoms with Crippen LogP contribution in [-0.4, -0.2) is 31.0 Å². The molecule has 2 aromatic heterocycles. The average molecular weight is 429 g/mol. The number of rotatable bonds is 5. The summed E-state index contributed by atoms with van der Waals surface area (Å²) in [6.07, 6.45) is 2.78. The predicted octanol–water partition coefficient (Wildman–Crippen LogP) is 5.43. The SMILES string of the molecule is COc1ccc(-c2cc3nccc(-c4ccccc4)c3o2)cc1NC(=O)O[C@H]1CCCN1. The number of methoxy groups -OCH3 is 1. The number of benzene rings is 2. The number of carbonyl (C=O) groups excluding carboxylic acids is 1. The predicted molar refractivity (Wildman–Crippen MR) is 123 cm³/mol. The van der Waals surface area contributed by atoms with E-state index in [0.29, 0.717) is 22.8 Å². The number of anilines is 1. The number of furan rings is 1. The fourth-order valence-electron chi connectivity index (χ4n) is 3.91. The number of ether oxygens (including phenoxy) is 2. The van der Waals surface area contributed by atoms with Gasteiger partial charge in [0.1, 0.15) is 17.0 Å². The van der Waals surface area contributed by atoms with Gasteiger partial charge in [-0.15, -0.1) is 0 Å². The normalized spacial score (nSPS) is 15.6. The molecule has 0 aliphatic carbocycles. The number of hydrogen-bond donors (Lipinski definition) is 2. The molecule has 0 radical (unpaired) electrons. The smallest absolute Gasteiger partial charge is 0.413 e. The zero-order valence-corrected chi connectivity index (χ0v) is 17.6. The summed E-state index contributed by atoms with van der Waals surface area (Å²) in [4.78, 5) is 16.8. The molecule has 4 aromatic rings. The van der Waals surface area contributed by atoms with Crippen LogP contribution < -0.4 is 15.4 Å². The topological polar surface area (TPSA) is 85.6 Å². The molecule has 1 aliphatic heterocycles. The van der Waals surface area contributed by atoms with Gasteiger partial charge in [-0.05, 0) is 49.2 Å². The highest BCUT2D eigenvalue weighted by molar-refractivity contribution is 5.93. The van der Waals surface area contributed by atoms with Crippen molar-refractivity contribution >= 4 is 22.9 Å². The van der Waals surface area contributed by atoms with Crippen LogP contribution in [0.5, 0.6) is 5.75 Å². The van der Waals surface area contributed by atoms with Gasteiger partial charge in [0.15, 0.2) is 11.8 Å². The van der Waals surface area contributed by atoms with Crippen LogP contribution in [0.25, 0.3) is 33.6 Å². The lowest BCUT2D eigenvalue weighted by atomic mass is 10.1. The minimum absolute atomic E-state index is 0.262. The van der Waals surface area contributed by atoms with E-state index >= 15 is 0 Å². The number of carbonyl (C=O) groups is 1. The Bertz CT molecular complexity index is 1250. The largest absolute Gasteiger partial charge is 0.495 e. The lowest BCUT2D eigenvalue weighted by Gasteiger charge is -2.15. The summed E-state index contributed by atoms with van der Waals surface area (Å²) in [5.74, 6) is 1.18.